The van der Waals surface area contributed by atoms with Crippen LogP contribution in [0.1, 0.15) is 52.9 Å². The van der Waals surface area contributed by atoms with Crippen LogP contribution in [0.2, 0.25) is 0 Å². The maximum absolute atomic E-state index is 3.81. The molecular formula is C16H32N2. The highest BCUT2D eigenvalue weighted by Gasteiger charge is 2.24. The van der Waals surface area contributed by atoms with Gasteiger partial charge in [0, 0.05) is 19.1 Å². The van der Waals surface area contributed by atoms with E-state index in [1.807, 2.05) is 0 Å². The Kier molecular flexibility index (Phi) is 5.50. The Balaban J connectivity index is 1.60. The molecule has 2 rings (SSSR count). The lowest BCUT2D eigenvalue weighted by Gasteiger charge is -2.35. The van der Waals surface area contributed by atoms with E-state index in [4.69, 9.17) is 0 Å². The van der Waals surface area contributed by atoms with Crippen molar-refractivity contribution in [3.8, 4) is 0 Å². The van der Waals surface area contributed by atoms with Gasteiger partial charge in [0.05, 0.1) is 0 Å². The Bertz CT molecular complexity index is 233. The second kappa shape index (κ2) is 6.91. The number of hydrogen-bond acceptors (Lipinski definition) is 2. The lowest BCUT2D eigenvalue weighted by atomic mass is 9.80. The summed E-state index contributed by atoms with van der Waals surface area (Å²) in [5.41, 5.74) is 0. The number of piperidine rings is 1. The van der Waals surface area contributed by atoms with Gasteiger partial charge in [-0.2, -0.15) is 0 Å². The van der Waals surface area contributed by atoms with E-state index in [-0.39, 0.29) is 0 Å². The first-order valence-electron chi connectivity index (χ1n) is 8.11. The van der Waals surface area contributed by atoms with Crippen molar-refractivity contribution in [2.45, 2.75) is 58.9 Å². The van der Waals surface area contributed by atoms with Gasteiger partial charge in [-0.3, -0.25) is 0 Å². The van der Waals surface area contributed by atoms with Gasteiger partial charge >= 0.3 is 0 Å². The molecule has 2 heteroatoms. The molecule has 1 saturated carbocycles. The van der Waals surface area contributed by atoms with E-state index in [0.717, 1.165) is 23.8 Å². The van der Waals surface area contributed by atoms with Gasteiger partial charge in [0.25, 0.3) is 0 Å². The summed E-state index contributed by atoms with van der Waals surface area (Å²) in [6, 6.07) is 0.782. The molecule has 3 unspecified atom stereocenters. The van der Waals surface area contributed by atoms with Gasteiger partial charge < -0.3 is 10.2 Å². The third-order valence-corrected chi connectivity index (χ3v) is 5.14. The molecule has 1 aliphatic carbocycles. The van der Waals surface area contributed by atoms with E-state index in [0.29, 0.717) is 0 Å². The number of nitrogens with one attached hydrogen (secondary N) is 1. The van der Waals surface area contributed by atoms with E-state index in [2.05, 4.69) is 31.0 Å². The summed E-state index contributed by atoms with van der Waals surface area (Å²) in [5, 5.41) is 3.81. The Labute approximate surface area is 114 Å². The lowest BCUT2D eigenvalue weighted by Crippen LogP contribution is -2.44. The van der Waals surface area contributed by atoms with E-state index in [9.17, 15) is 0 Å². The number of hydrogen-bond donors (Lipinski definition) is 1. The standard InChI is InChI=1S/C16H32N2/c1-13-6-9-18(10-7-13)11-8-17-16-5-4-14(2)12-15(16)3/h13-17H,4-12H2,1-3H3. The highest BCUT2D eigenvalue weighted by Crippen LogP contribution is 2.28. The first-order valence-corrected chi connectivity index (χ1v) is 8.11. The fourth-order valence-corrected chi connectivity index (χ4v) is 3.66. The van der Waals surface area contributed by atoms with Crippen LogP contribution >= 0.6 is 0 Å². The third kappa shape index (κ3) is 4.24. The molecule has 0 aromatic heterocycles. The summed E-state index contributed by atoms with van der Waals surface area (Å²) in [6.45, 7) is 12.3. The van der Waals surface area contributed by atoms with Crippen LogP contribution < -0.4 is 5.32 Å². The number of likely N-dealkylation sites (tertiary alicyclic amines) is 1. The minimum Gasteiger partial charge on any atom is -0.312 e. The van der Waals surface area contributed by atoms with Crippen LogP contribution in [0.5, 0.6) is 0 Å². The molecule has 2 aliphatic rings. The average Bonchev–Trinajstić information content (AvgIpc) is 2.34. The largest absolute Gasteiger partial charge is 0.312 e. The lowest BCUT2D eigenvalue weighted by molar-refractivity contribution is 0.179. The molecule has 106 valence electrons. The van der Waals surface area contributed by atoms with Crippen molar-refractivity contribution in [1.82, 2.24) is 10.2 Å². The fraction of sp³-hybridized carbons (Fsp3) is 1.00. The molecule has 18 heavy (non-hydrogen) atoms. The number of rotatable bonds is 4. The molecule has 0 aromatic rings. The van der Waals surface area contributed by atoms with Crippen LogP contribution in [0.25, 0.3) is 0 Å². The summed E-state index contributed by atoms with van der Waals surface area (Å²) in [6.07, 6.45) is 7.02. The van der Waals surface area contributed by atoms with E-state index < -0.39 is 0 Å². The first-order chi connectivity index (χ1) is 8.65. The van der Waals surface area contributed by atoms with Gasteiger partial charge in [0.1, 0.15) is 0 Å². The van der Waals surface area contributed by atoms with Crippen molar-refractivity contribution in [3.63, 3.8) is 0 Å². The Hall–Kier alpha value is -0.0800. The molecule has 0 spiro atoms. The Morgan fingerprint density at radius 2 is 1.67 bits per heavy atom. The van der Waals surface area contributed by atoms with Crippen LogP contribution in [0.4, 0.5) is 0 Å². The summed E-state index contributed by atoms with van der Waals surface area (Å²) < 4.78 is 0. The predicted molar refractivity (Wildman–Crippen MR) is 78.8 cm³/mol. The minimum atomic E-state index is 0.782. The van der Waals surface area contributed by atoms with Crippen molar-refractivity contribution in [2.75, 3.05) is 26.2 Å². The first kappa shape index (κ1) is 14.3. The molecule has 1 heterocycles. The van der Waals surface area contributed by atoms with Gasteiger partial charge in [0.15, 0.2) is 0 Å². The molecule has 2 fully saturated rings. The molecule has 3 atom stereocenters. The summed E-state index contributed by atoms with van der Waals surface area (Å²) in [7, 11) is 0. The maximum atomic E-state index is 3.81. The minimum absolute atomic E-state index is 0.782. The summed E-state index contributed by atoms with van der Waals surface area (Å²) in [5.74, 6) is 2.77. The van der Waals surface area contributed by atoms with Gasteiger partial charge in [-0.05, 0) is 62.9 Å². The van der Waals surface area contributed by atoms with E-state index in [1.54, 1.807) is 0 Å². The summed E-state index contributed by atoms with van der Waals surface area (Å²) in [4.78, 5) is 2.64. The number of nitrogens with zero attached hydrogens (tertiary/aromatic N) is 1. The van der Waals surface area contributed by atoms with Crippen molar-refractivity contribution < 1.29 is 0 Å². The van der Waals surface area contributed by atoms with Gasteiger partial charge in [0.2, 0.25) is 0 Å². The van der Waals surface area contributed by atoms with Crippen molar-refractivity contribution in [3.05, 3.63) is 0 Å². The molecule has 1 aliphatic heterocycles. The second-order valence-corrected chi connectivity index (χ2v) is 6.98. The van der Waals surface area contributed by atoms with Crippen LogP contribution in [0.3, 0.4) is 0 Å². The quantitative estimate of drug-likeness (QED) is 0.827. The molecule has 1 N–H and O–H groups in total. The Morgan fingerprint density at radius 3 is 2.33 bits per heavy atom. The molecule has 0 radical (unpaired) electrons. The smallest absolute Gasteiger partial charge is 0.0107 e. The normalized spacial score (nSPS) is 35.8. The molecular weight excluding hydrogens is 220 g/mol. The monoisotopic (exact) mass is 252 g/mol. The topological polar surface area (TPSA) is 15.3 Å². The van der Waals surface area contributed by atoms with Crippen molar-refractivity contribution >= 4 is 0 Å². The zero-order chi connectivity index (χ0) is 13.0. The molecule has 0 bridgehead atoms. The van der Waals surface area contributed by atoms with Crippen LogP contribution in [0.15, 0.2) is 0 Å². The zero-order valence-electron chi connectivity index (χ0n) is 12.6. The van der Waals surface area contributed by atoms with Crippen molar-refractivity contribution in [2.24, 2.45) is 17.8 Å². The fourth-order valence-electron chi connectivity index (χ4n) is 3.66. The summed E-state index contributed by atoms with van der Waals surface area (Å²) >= 11 is 0. The highest BCUT2D eigenvalue weighted by atomic mass is 15.1. The molecule has 0 amide bonds. The predicted octanol–water partition coefficient (Wildman–Crippen LogP) is 3.13. The molecule has 2 nitrogen and oxygen atoms in total. The SMILES string of the molecule is CC1CCN(CCNC2CCC(C)CC2C)CC1. The second-order valence-electron chi connectivity index (χ2n) is 6.98. The Morgan fingerprint density at radius 1 is 0.944 bits per heavy atom. The third-order valence-electron chi connectivity index (χ3n) is 5.14. The van der Waals surface area contributed by atoms with Crippen LogP contribution in [-0.2, 0) is 0 Å². The van der Waals surface area contributed by atoms with Crippen LogP contribution in [-0.4, -0.2) is 37.1 Å². The zero-order valence-corrected chi connectivity index (χ0v) is 12.6. The van der Waals surface area contributed by atoms with Gasteiger partial charge in [-0.15, -0.1) is 0 Å². The van der Waals surface area contributed by atoms with E-state index in [1.165, 1.54) is 58.3 Å². The average molecular weight is 252 g/mol. The van der Waals surface area contributed by atoms with Crippen LogP contribution in [0, 0.1) is 17.8 Å². The molecule has 0 aromatic carbocycles. The van der Waals surface area contributed by atoms with Gasteiger partial charge in [-0.1, -0.05) is 20.8 Å². The van der Waals surface area contributed by atoms with Crippen molar-refractivity contribution in [1.29, 1.82) is 0 Å². The van der Waals surface area contributed by atoms with Gasteiger partial charge in [-0.25, -0.2) is 0 Å². The highest BCUT2D eigenvalue weighted by molar-refractivity contribution is 4.81. The molecule has 1 saturated heterocycles. The maximum Gasteiger partial charge on any atom is 0.0107 e. The van der Waals surface area contributed by atoms with E-state index >= 15 is 0 Å².